The van der Waals surface area contributed by atoms with E-state index in [1.807, 2.05) is 6.07 Å². The van der Waals surface area contributed by atoms with E-state index < -0.39 is 0 Å². The Morgan fingerprint density at radius 1 is 1.35 bits per heavy atom. The summed E-state index contributed by atoms with van der Waals surface area (Å²) in [5, 5.41) is 3.41. The number of nitrogens with one attached hydrogen (secondary N) is 1. The molecular weight excluding hydrogens is 252 g/mol. The number of anilines is 1. The predicted molar refractivity (Wildman–Crippen MR) is 79.9 cm³/mol. The van der Waals surface area contributed by atoms with Gasteiger partial charge in [0, 0.05) is 12.7 Å². The molecule has 0 spiro atoms. The van der Waals surface area contributed by atoms with E-state index in [4.69, 9.17) is 4.74 Å². The second-order valence-corrected chi connectivity index (χ2v) is 5.57. The summed E-state index contributed by atoms with van der Waals surface area (Å²) in [6, 6.07) is 3.62. The van der Waals surface area contributed by atoms with Crippen LogP contribution in [0, 0.1) is 5.41 Å². The average Bonchev–Trinajstić information content (AvgIpc) is 2.95. The molecule has 1 heterocycles. The number of hydrogen-bond donors (Lipinski definition) is 1. The topological polar surface area (TPSA) is 51.2 Å². The molecule has 1 N–H and O–H groups in total. The Morgan fingerprint density at radius 2 is 2.10 bits per heavy atom. The normalized spacial score (nSPS) is 16.9. The minimum atomic E-state index is -0.313. The largest absolute Gasteiger partial charge is 0.462 e. The fraction of sp³-hybridized carbons (Fsp3) is 0.625. The first-order chi connectivity index (χ1) is 9.69. The molecule has 0 unspecified atom stereocenters. The molecule has 0 aliphatic heterocycles. The minimum Gasteiger partial charge on any atom is -0.462 e. The molecule has 1 aliphatic carbocycles. The Balaban J connectivity index is 1.92. The first kappa shape index (κ1) is 14.8. The van der Waals surface area contributed by atoms with Crippen LogP contribution in [0.25, 0.3) is 0 Å². The first-order valence-electron chi connectivity index (χ1n) is 7.56. The van der Waals surface area contributed by atoms with Crippen molar-refractivity contribution in [2.45, 2.75) is 46.0 Å². The molecule has 20 heavy (non-hydrogen) atoms. The Kier molecular flexibility index (Phi) is 4.99. The number of carbonyl (C=O) groups is 1. The highest BCUT2D eigenvalue weighted by Crippen LogP contribution is 2.40. The third-order valence-corrected chi connectivity index (χ3v) is 4.33. The van der Waals surface area contributed by atoms with E-state index in [0.717, 1.165) is 12.4 Å². The van der Waals surface area contributed by atoms with E-state index in [2.05, 4.69) is 17.2 Å². The molecule has 1 saturated carbocycles. The van der Waals surface area contributed by atoms with Crippen molar-refractivity contribution in [2.24, 2.45) is 5.41 Å². The van der Waals surface area contributed by atoms with Crippen LogP contribution in [0.15, 0.2) is 18.3 Å². The van der Waals surface area contributed by atoms with Crippen molar-refractivity contribution in [1.29, 1.82) is 0 Å². The highest BCUT2D eigenvalue weighted by atomic mass is 16.5. The number of aromatic nitrogens is 1. The second kappa shape index (κ2) is 6.73. The zero-order valence-corrected chi connectivity index (χ0v) is 12.4. The lowest BCUT2D eigenvalue weighted by atomic mass is 9.83. The maximum Gasteiger partial charge on any atom is 0.339 e. The summed E-state index contributed by atoms with van der Waals surface area (Å²) >= 11 is 0. The van der Waals surface area contributed by atoms with Crippen molar-refractivity contribution in [3.63, 3.8) is 0 Å². The fourth-order valence-electron chi connectivity index (χ4n) is 2.89. The molecular formula is C16H24N2O2. The molecule has 0 aromatic carbocycles. The quantitative estimate of drug-likeness (QED) is 0.806. The lowest BCUT2D eigenvalue weighted by molar-refractivity contribution is 0.0526. The van der Waals surface area contributed by atoms with Crippen LogP contribution >= 0.6 is 0 Å². The SMILES string of the molecule is CCOC(=O)c1ccc(NCC2(CC)CCCC2)nc1. The molecule has 0 amide bonds. The summed E-state index contributed by atoms with van der Waals surface area (Å²) in [5.41, 5.74) is 0.935. The molecule has 2 rings (SSSR count). The van der Waals surface area contributed by atoms with Crippen molar-refractivity contribution in [3.05, 3.63) is 23.9 Å². The molecule has 1 aliphatic rings. The Morgan fingerprint density at radius 3 is 2.65 bits per heavy atom. The van der Waals surface area contributed by atoms with Crippen LogP contribution in [-0.4, -0.2) is 24.1 Å². The number of nitrogens with zero attached hydrogens (tertiary/aromatic N) is 1. The van der Waals surface area contributed by atoms with Gasteiger partial charge in [-0.25, -0.2) is 9.78 Å². The van der Waals surface area contributed by atoms with Crippen LogP contribution in [0.5, 0.6) is 0 Å². The van der Waals surface area contributed by atoms with E-state index in [1.54, 1.807) is 19.2 Å². The van der Waals surface area contributed by atoms with Crippen LogP contribution in [0.4, 0.5) is 5.82 Å². The Bertz CT molecular complexity index is 436. The van der Waals surface area contributed by atoms with Crippen LogP contribution < -0.4 is 5.32 Å². The highest BCUT2D eigenvalue weighted by Gasteiger charge is 2.31. The smallest absolute Gasteiger partial charge is 0.339 e. The number of pyridine rings is 1. The zero-order valence-electron chi connectivity index (χ0n) is 12.4. The lowest BCUT2D eigenvalue weighted by Crippen LogP contribution is -2.26. The zero-order chi connectivity index (χ0) is 14.4. The van der Waals surface area contributed by atoms with Gasteiger partial charge in [0.2, 0.25) is 0 Å². The Hall–Kier alpha value is -1.58. The van der Waals surface area contributed by atoms with Gasteiger partial charge in [0.05, 0.1) is 12.2 Å². The fourth-order valence-corrected chi connectivity index (χ4v) is 2.89. The molecule has 1 aromatic heterocycles. The van der Waals surface area contributed by atoms with E-state index in [0.29, 0.717) is 17.6 Å². The average molecular weight is 276 g/mol. The maximum atomic E-state index is 11.5. The third-order valence-electron chi connectivity index (χ3n) is 4.33. The van der Waals surface area contributed by atoms with E-state index in [-0.39, 0.29) is 5.97 Å². The summed E-state index contributed by atoms with van der Waals surface area (Å²) in [5.74, 6) is 0.519. The van der Waals surface area contributed by atoms with Crippen LogP contribution in [-0.2, 0) is 4.74 Å². The minimum absolute atomic E-state index is 0.313. The van der Waals surface area contributed by atoms with Gasteiger partial charge < -0.3 is 10.1 Å². The monoisotopic (exact) mass is 276 g/mol. The van der Waals surface area contributed by atoms with Gasteiger partial charge in [-0.1, -0.05) is 19.8 Å². The van der Waals surface area contributed by atoms with Gasteiger partial charge in [0.1, 0.15) is 5.82 Å². The molecule has 110 valence electrons. The predicted octanol–water partition coefficient (Wildman–Crippen LogP) is 3.64. The molecule has 4 heteroatoms. The van der Waals surface area contributed by atoms with Gasteiger partial charge in [0.15, 0.2) is 0 Å². The van der Waals surface area contributed by atoms with Crippen LogP contribution in [0.1, 0.15) is 56.3 Å². The maximum absolute atomic E-state index is 11.5. The lowest BCUT2D eigenvalue weighted by Gasteiger charge is -2.27. The van der Waals surface area contributed by atoms with E-state index in [1.165, 1.54) is 32.1 Å². The summed E-state index contributed by atoms with van der Waals surface area (Å²) in [6.45, 7) is 5.42. The van der Waals surface area contributed by atoms with Crippen molar-refractivity contribution in [2.75, 3.05) is 18.5 Å². The van der Waals surface area contributed by atoms with E-state index in [9.17, 15) is 4.79 Å². The first-order valence-corrected chi connectivity index (χ1v) is 7.56. The number of ether oxygens (including phenoxy) is 1. The van der Waals surface area contributed by atoms with Gasteiger partial charge >= 0.3 is 5.97 Å². The molecule has 0 saturated heterocycles. The number of hydrogen-bond acceptors (Lipinski definition) is 4. The van der Waals surface area contributed by atoms with Gasteiger partial charge in [-0.3, -0.25) is 0 Å². The Labute approximate surface area is 120 Å². The molecule has 1 fully saturated rings. The van der Waals surface area contributed by atoms with Crippen LogP contribution in [0.2, 0.25) is 0 Å². The van der Waals surface area contributed by atoms with Gasteiger partial charge in [-0.2, -0.15) is 0 Å². The highest BCUT2D eigenvalue weighted by molar-refractivity contribution is 5.89. The second-order valence-electron chi connectivity index (χ2n) is 5.57. The molecule has 4 nitrogen and oxygen atoms in total. The summed E-state index contributed by atoms with van der Waals surface area (Å²) < 4.78 is 4.94. The van der Waals surface area contributed by atoms with Crippen molar-refractivity contribution >= 4 is 11.8 Å². The third kappa shape index (κ3) is 3.50. The number of esters is 1. The number of carbonyl (C=O) groups excluding carboxylic acids is 1. The summed E-state index contributed by atoms with van der Waals surface area (Å²) in [6.07, 6.45) is 8.07. The summed E-state index contributed by atoms with van der Waals surface area (Å²) in [7, 11) is 0. The standard InChI is InChI=1S/C16H24N2O2/c1-3-16(9-5-6-10-16)12-18-14-8-7-13(11-17-14)15(19)20-4-2/h7-8,11H,3-6,9-10,12H2,1-2H3,(H,17,18). The van der Waals surface area contributed by atoms with Crippen molar-refractivity contribution in [3.8, 4) is 0 Å². The van der Waals surface area contributed by atoms with Gasteiger partial charge in [0.25, 0.3) is 0 Å². The van der Waals surface area contributed by atoms with Crippen molar-refractivity contribution < 1.29 is 9.53 Å². The summed E-state index contributed by atoms with van der Waals surface area (Å²) in [4.78, 5) is 15.8. The van der Waals surface area contributed by atoms with Gasteiger partial charge in [-0.15, -0.1) is 0 Å². The van der Waals surface area contributed by atoms with E-state index >= 15 is 0 Å². The van der Waals surface area contributed by atoms with Gasteiger partial charge in [-0.05, 0) is 43.7 Å². The van der Waals surface area contributed by atoms with Crippen LogP contribution in [0.3, 0.4) is 0 Å². The molecule has 1 aromatic rings. The molecule has 0 radical (unpaired) electrons. The molecule has 0 bridgehead atoms. The van der Waals surface area contributed by atoms with Crippen molar-refractivity contribution in [1.82, 2.24) is 4.98 Å². The molecule has 0 atom stereocenters. The number of rotatable bonds is 6.